The van der Waals surface area contributed by atoms with Crippen LogP contribution in [0.1, 0.15) is 37.0 Å². The maximum absolute atomic E-state index is 12.9. The zero-order chi connectivity index (χ0) is 19.8. The van der Waals surface area contributed by atoms with E-state index >= 15 is 0 Å². The van der Waals surface area contributed by atoms with Crippen molar-refractivity contribution in [3.63, 3.8) is 0 Å². The Morgan fingerprint density at radius 2 is 1.86 bits per heavy atom. The van der Waals surface area contributed by atoms with E-state index in [1.54, 1.807) is 12.3 Å². The number of rotatable bonds is 8. The Kier molecular flexibility index (Phi) is 7.25. The van der Waals surface area contributed by atoms with Crippen molar-refractivity contribution in [1.29, 1.82) is 0 Å². The number of amides is 1. The van der Waals surface area contributed by atoms with E-state index in [-0.39, 0.29) is 5.91 Å². The quantitative estimate of drug-likeness (QED) is 0.750. The molecule has 1 amide bonds. The highest BCUT2D eigenvalue weighted by Crippen LogP contribution is 2.29. The minimum Gasteiger partial charge on any atom is -0.378 e. The Balaban J connectivity index is 1.79. The number of anilines is 3. The molecule has 0 radical (unpaired) electrons. The van der Waals surface area contributed by atoms with Gasteiger partial charge in [-0.1, -0.05) is 26.0 Å². The first kappa shape index (κ1) is 20.1. The number of aromatic nitrogens is 1. The summed E-state index contributed by atoms with van der Waals surface area (Å²) < 4.78 is 5.47. The van der Waals surface area contributed by atoms with E-state index in [1.165, 1.54) is 0 Å². The number of pyridine rings is 1. The monoisotopic (exact) mass is 382 g/mol. The van der Waals surface area contributed by atoms with Crippen LogP contribution in [-0.4, -0.2) is 55.2 Å². The summed E-state index contributed by atoms with van der Waals surface area (Å²) in [6, 6.07) is 11.8. The number of ether oxygens (including phenoxy) is 1. The van der Waals surface area contributed by atoms with Gasteiger partial charge in [-0.05, 0) is 37.1 Å². The van der Waals surface area contributed by atoms with Crippen LogP contribution in [0, 0.1) is 0 Å². The smallest absolute Gasteiger partial charge is 0.254 e. The summed E-state index contributed by atoms with van der Waals surface area (Å²) in [4.78, 5) is 21.5. The van der Waals surface area contributed by atoms with Gasteiger partial charge in [-0.3, -0.25) is 4.79 Å². The Morgan fingerprint density at radius 3 is 2.57 bits per heavy atom. The van der Waals surface area contributed by atoms with Gasteiger partial charge < -0.3 is 19.9 Å². The molecule has 3 rings (SSSR count). The van der Waals surface area contributed by atoms with Crippen molar-refractivity contribution in [2.45, 2.75) is 26.7 Å². The number of benzene rings is 1. The summed E-state index contributed by atoms with van der Waals surface area (Å²) in [5, 5.41) is 3.40. The Labute approximate surface area is 167 Å². The first-order valence-electron chi connectivity index (χ1n) is 10.2. The molecule has 1 aromatic carbocycles. The number of nitrogens with zero attached hydrogens (tertiary/aromatic N) is 3. The van der Waals surface area contributed by atoms with E-state index in [2.05, 4.69) is 35.1 Å². The fraction of sp³-hybridized carbons (Fsp3) is 0.455. The van der Waals surface area contributed by atoms with E-state index in [0.717, 1.165) is 63.6 Å². The van der Waals surface area contributed by atoms with Gasteiger partial charge in [0.05, 0.1) is 24.6 Å². The minimum atomic E-state index is 0.0654. The van der Waals surface area contributed by atoms with Crippen molar-refractivity contribution < 1.29 is 9.53 Å². The van der Waals surface area contributed by atoms with Crippen LogP contribution in [0.15, 0.2) is 42.6 Å². The summed E-state index contributed by atoms with van der Waals surface area (Å²) in [5.74, 6) is 0.745. The second-order valence-electron chi connectivity index (χ2n) is 6.96. The van der Waals surface area contributed by atoms with Crippen molar-refractivity contribution >= 4 is 23.1 Å². The fourth-order valence-electron chi connectivity index (χ4n) is 3.47. The highest BCUT2D eigenvalue weighted by Gasteiger charge is 2.17. The second kappa shape index (κ2) is 10.1. The fourth-order valence-corrected chi connectivity index (χ4v) is 3.47. The minimum absolute atomic E-state index is 0.0654. The number of carbonyl (C=O) groups is 1. The van der Waals surface area contributed by atoms with E-state index < -0.39 is 0 Å². The molecule has 1 saturated heterocycles. The molecule has 1 aliphatic rings. The lowest BCUT2D eigenvalue weighted by Gasteiger charge is -2.30. The maximum Gasteiger partial charge on any atom is 0.254 e. The van der Waals surface area contributed by atoms with E-state index in [1.807, 2.05) is 29.2 Å². The normalized spacial score (nSPS) is 14.0. The Hall–Kier alpha value is -2.60. The molecule has 0 aliphatic carbocycles. The van der Waals surface area contributed by atoms with Gasteiger partial charge in [0.2, 0.25) is 0 Å². The third-order valence-electron chi connectivity index (χ3n) is 4.80. The van der Waals surface area contributed by atoms with Gasteiger partial charge in [-0.25, -0.2) is 4.98 Å². The number of hydrogen-bond donors (Lipinski definition) is 1. The van der Waals surface area contributed by atoms with Crippen molar-refractivity contribution in [2.24, 2.45) is 0 Å². The first-order valence-corrected chi connectivity index (χ1v) is 10.2. The van der Waals surface area contributed by atoms with Gasteiger partial charge in [0.15, 0.2) is 0 Å². The largest absolute Gasteiger partial charge is 0.378 e. The van der Waals surface area contributed by atoms with Crippen LogP contribution in [0.3, 0.4) is 0 Å². The molecule has 2 heterocycles. The van der Waals surface area contributed by atoms with Crippen LogP contribution in [0.2, 0.25) is 0 Å². The Morgan fingerprint density at radius 1 is 1.14 bits per heavy atom. The molecule has 1 aliphatic heterocycles. The van der Waals surface area contributed by atoms with Gasteiger partial charge >= 0.3 is 0 Å². The number of hydrogen-bond acceptors (Lipinski definition) is 5. The van der Waals surface area contributed by atoms with E-state index in [4.69, 9.17) is 4.74 Å². The summed E-state index contributed by atoms with van der Waals surface area (Å²) in [7, 11) is 0. The van der Waals surface area contributed by atoms with Crippen molar-refractivity contribution in [2.75, 3.05) is 49.6 Å². The number of para-hydroxylation sites is 2. The summed E-state index contributed by atoms with van der Waals surface area (Å²) in [6.45, 7) is 8.95. The third kappa shape index (κ3) is 5.01. The lowest BCUT2D eigenvalue weighted by molar-refractivity contribution is 0.0755. The lowest BCUT2D eigenvalue weighted by Crippen LogP contribution is -2.36. The topological polar surface area (TPSA) is 57.7 Å². The predicted octanol–water partition coefficient (Wildman–Crippen LogP) is 3.92. The van der Waals surface area contributed by atoms with Crippen LogP contribution in [0.4, 0.5) is 17.2 Å². The molecule has 6 nitrogen and oxygen atoms in total. The van der Waals surface area contributed by atoms with Gasteiger partial charge in [0, 0.05) is 37.9 Å². The zero-order valence-electron chi connectivity index (χ0n) is 16.9. The average Bonchev–Trinajstić information content (AvgIpc) is 2.74. The molecule has 0 saturated carbocycles. The standard InChI is InChI=1S/C22H30N4O2/c1-3-11-26(12-4-2)22(27)18-9-10-23-21(17-18)24-19-7-5-6-8-20(19)25-13-15-28-16-14-25/h5-10,17H,3-4,11-16H2,1-2H3,(H,23,24). The second-order valence-corrected chi connectivity index (χ2v) is 6.96. The molecule has 0 spiro atoms. The predicted molar refractivity (Wildman–Crippen MR) is 113 cm³/mol. The van der Waals surface area contributed by atoms with Gasteiger partial charge in [0.1, 0.15) is 5.82 Å². The molecular weight excluding hydrogens is 352 g/mol. The molecule has 1 N–H and O–H groups in total. The van der Waals surface area contributed by atoms with Crippen molar-refractivity contribution in [3.8, 4) is 0 Å². The molecule has 1 aromatic heterocycles. The molecule has 0 bridgehead atoms. The number of morpholine rings is 1. The van der Waals surface area contributed by atoms with Gasteiger partial charge in [-0.2, -0.15) is 0 Å². The van der Waals surface area contributed by atoms with Crippen molar-refractivity contribution in [3.05, 3.63) is 48.2 Å². The highest BCUT2D eigenvalue weighted by molar-refractivity contribution is 5.95. The maximum atomic E-state index is 12.9. The first-order chi connectivity index (χ1) is 13.7. The average molecular weight is 383 g/mol. The summed E-state index contributed by atoms with van der Waals surface area (Å²) in [6.07, 6.45) is 3.60. The molecule has 6 heteroatoms. The van der Waals surface area contributed by atoms with Crippen LogP contribution in [0.5, 0.6) is 0 Å². The molecule has 150 valence electrons. The molecule has 28 heavy (non-hydrogen) atoms. The SMILES string of the molecule is CCCN(CCC)C(=O)c1ccnc(Nc2ccccc2N2CCOCC2)c1. The molecular formula is C22H30N4O2. The third-order valence-corrected chi connectivity index (χ3v) is 4.80. The zero-order valence-corrected chi connectivity index (χ0v) is 16.9. The molecule has 0 unspecified atom stereocenters. The van der Waals surface area contributed by atoms with Crippen molar-refractivity contribution in [1.82, 2.24) is 9.88 Å². The van der Waals surface area contributed by atoms with Crippen LogP contribution in [0.25, 0.3) is 0 Å². The van der Waals surface area contributed by atoms with Crippen LogP contribution >= 0.6 is 0 Å². The summed E-state index contributed by atoms with van der Waals surface area (Å²) in [5.41, 5.74) is 2.78. The van der Waals surface area contributed by atoms with Gasteiger partial charge in [0.25, 0.3) is 5.91 Å². The summed E-state index contributed by atoms with van der Waals surface area (Å²) >= 11 is 0. The Bertz CT molecular complexity index is 769. The van der Waals surface area contributed by atoms with Crippen LogP contribution < -0.4 is 10.2 Å². The molecule has 0 atom stereocenters. The number of nitrogens with one attached hydrogen (secondary N) is 1. The highest BCUT2D eigenvalue weighted by atomic mass is 16.5. The van der Waals surface area contributed by atoms with Crippen LogP contribution in [-0.2, 0) is 4.74 Å². The van der Waals surface area contributed by atoms with E-state index in [9.17, 15) is 4.79 Å². The number of carbonyl (C=O) groups excluding carboxylic acids is 1. The lowest BCUT2D eigenvalue weighted by atomic mass is 10.2. The molecule has 1 fully saturated rings. The molecule has 2 aromatic rings. The van der Waals surface area contributed by atoms with Gasteiger partial charge in [-0.15, -0.1) is 0 Å². The van der Waals surface area contributed by atoms with E-state index in [0.29, 0.717) is 11.4 Å².